The van der Waals surface area contributed by atoms with Crippen LogP contribution in [0.3, 0.4) is 0 Å². The normalized spacial score (nSPS) is 15.0. The highest BCUT2D eigenvalue weighted by molar-refractivity contribution is 6.33. The predicted molar refractivity (Wildman–Crippen MR) is 69.4 cm³/mol. The Labute approximate surface area is 107 Å². The first-order valence-electron chi connectivity index (χ1n) is 5.85. The highest BCUT2D eigenvalue weighted by atomic mass is 35.5. The van der Waals surface area contributed by atoms with Gasteiger partial charge in [-0.15, -0.1) is 0 Å². The Kier molecular flexibility index (Phi) is 4.33. The maximum absolute atomic E-state index is 12.5. The number of hydrogen-bond acceptors (Lipinski definition) is 3. The van der Waals surface area contributed by atoms with Gasteiger partial charge in [-0.25, -0.2) is 0 Å². The molecule has 0 aliphatic carbocycles. The van der Waals surface area contributed by atoms with Crippen molar-refractivity contribution in [3.8, 4) is 0 Å². The number of Topliss-reactive ketones (excluding diaryl/α,β-unsaturated/α-hetero) is 1. The van der Waals surface area contributed by atoms with E-state index in [-0.39, 0.29) is 11.8 Å². The molecule has 17 heavy (non-hydrogen) atoms. The van der Waals surface area contributed by atoms with E-state index >= 15 is 0 Å². The monoisotopic (exact) mass is 257 g/mol. The topological polar surface area (TPSA) is 60.9 Å². The maximum Gasteiger partial charge on any atom is 0.189 e. The minimum Gasteiger partial charge on any atom is -0.329 e. The first-order valence-corrected chi connectivity index (χ1v) is 6.23. The molecular weight excluding hydrogens is 238 g/mol. The van der Waals surface area contributed by atoms with Gasteiger partial charge in [0.1, 0.15) is 5.69 Å². The van der Waals surface area contributed by atoms with Crippen LogP contribution in [0.5, 0.6) is 0 Å². The van der Waals surface area contributed by atoms with E-state index in [0.29, 0.717) is 23.7 Å². The van der Waals surface area contributed by atoms with Crippen LogP contribution in [0.2, 0.25) is 5.02 Å². The fourth-order valence-electron chi connectivity index (χ4n) is 1.63. The average Bonchev–Trinajstić information content (AvgIpc) is 2.69. The summed E-state index contributed by atoms with van der Waals surface area (Å²) in [5.41, 5.74) is 5.60. The van der Waals surface area contributed by atoms with Gasteiger partial charge in [-0.2, -0.15) is 5.10 Å². The lowest BCUT2D eigenvalue weighted by atomic mass is 9.81. The van der Waals surface area contributed by atoms with Crippen molar-refractivity contribution < 1.29 is 4.79 Å². The second-order valence-corrected chi connectivity index (χ2v) is 5.23. The molecule has 0 saturated heterocycles. The smallest absolute Gasteiger partial charge is 0.189 e. The zero-order chi connectivity index (χ0) is 13.2. The Balaban J connectivity index is 3.24. The highest BCUT2D eigenvalue weighted by Gasteiger charge is 2.34. The van der Waals surface area contributed by atoms with Crippen molar-refractivity contribution in [3.05, 3.63) is 16.9 Å². The molecule has 0 radical (unpaired) electrons. The Hall–Kier alpha value is -0.870. The summed E-state index contributed by atoms with van der Waals surface area (Å²) in [6.45, 7) is 8.05. The largest absolute Gasteiger partial charge is 0.329 e. The zero-order valence-corrected chi connectivity index (χ0v) is 11.6. The predicted octanol–water partition coefficient (Wildman–Crippen LogP) is 2.68. The Morgan fingerprint density at radius 3 is 2.65 bits per heavy atom. The van der Waals surface area contributed by atoms with Crippen molar-refractivity contribution in [3.63, 3.8) is 0 Å². The van der Waals surface area contributed by atoms with Crippen LogP contribution in [0.15, 0.2) is 6.20 Å². The van der Waals surface area contributed by atoms with Crippen molar-refractivity contribution in [1.29, 1.82) is 0 Å². The maximum atomic E-state index is 12.5. The van der Waals surface area contributed by atoms with Gasteiger partial charge in [0.05, 0.1) is 11.2 Å². The Morgan fingerprint density at radius 1 is 1.65 bits per heavy atom. The molecule has 0 aliphatic rings. The Morgan fingerprint density at radius 2 is 2.24 bits per heavy atom. The number of aromatic nitrogens is 2. The van der Waals surface area contributed by atoms with E-state index < -0.39 is 5.41 Å². The van der Waals surface area contributed by atoms with Crippen LogP contribution in [-0.4, -0.2) is 22.1 Å². The van der Waals surface area contributed by atoms with E-state index in [1.807, 2.05) is 27.7 Å². The van der Waals surface area contributed by atoms with Gasteiger partial charge in [-0.1, -0.05) is 25.4 Å². The first-order chi connectivity index (χ1) is 7.87. The third kappa shape index (κ3) is 2.53. The molecule has 0 saturated carbocycles. The van der Waals surface area contributed by atoms with Gasteiger partial charge in [-0.05, 0) is 20.3 Å². The van der Waals surface area contributed by atoms with Gasteiger partial charge in [0.2, 0.25) is 0 Å². The third-order valence-electron chi connectivity index (χ3n) is 3.23. The SMILES string of the molecule is CCC(C)(CN)C(=O)c1c(Cl)cnn1C(C)C. The van der Waals surface area contributed by atoms with E-state index in [0.717, 1.165) is 0 Å². The van der Waals surface area contributed by atoms with Crippen LogP contribution in [0.25, 0.3) is 0 Å². The fourth-order valence-corrected chi connectivity index (χ4v) is 1.84. The van der Waals surface area contributed by atoms with Crippen molar-refractivity contribution in [2.45, 2.75) is 40.2 Å². The quantitative estimate of drug-likeness (QED) is 0.825. The van der Waals surface area contributed by atoms with Crippen LogP contribution in [0.4, 0.5) is 0 Å². The van der Waals surface area contributed by atoms with E-state index in [9.17, 15) is 4.79 Å². The molecule has 2 N–H and O–H groups in total. The summed E-state index contributed by atoms with van der Waals surface area (Å²) in [5, 5.41) is 4.54. The van der Waals surface area contributed by atoms with Gasteiger partial charge in [0.25, 0.3) is 0 Å². The van der Waals surface area contributed by atoms with Crippen molar-refractivity contribution >= 4 is 17.4 Å². The summed E-state index contributed by atoms with van der Waals surface area (Å²) < 4.78 is 1.66. The first kappa shape index (κ1) is 14.2. The number of carbonyl (C=O) groups excluding carboxylic acids is 1. The molecule has 1 aromatic heterocycles. The molecular formula is C12H20ClN3O. The van der Waals surface area contributed by atoms with Crippen LogP contribution in [-0.2, 0) is 0 Å². The van der Waals surface area contributed by atoms with Crippen molar-refractivity contribution in [2.75, 3.05) is 6.54 Å². The molecule has 1 heterocycles. The summed E-state index contributed by atoms with van der Waals surface area (Å²) in [7, 11) is 0. The van der Waals surface area contributed by atoms with Crippen molar-refractivity contribution in [1.82, 2.24) is 9.78 Å². The van der Waals surface area contributed by atoms with Crippen molar-refractivity contribution in [2.24, 2.45) is 11.1 Å². The zero-order valence-electron chi connectivity index (χ0n) is 10.8. The molecule has 0 aromatic carbocycles. The van der Waals surface area contributed by atoms with Crippen LogP contribution < -0.4 is 5.73 Å². The van der Waals surface area contributed by atoms with E-state index in [1.54, 1.807) is 4.68 Å². The summed E-state index contributed by atoms with van der Waals surface area (Å²) in [6, 6.07) is 0.0975. The van der Waals surface area contributed by atoms with Gasteiger partial charge in [0.15, 0.2) is 5.78 Å². The summed E-state index contributed by atoms with van der Waals surface area (Å²) in [6.07, 6.45) is 2.20. The minimum absolute atomic E-state index is 0.0290. The second kappa shape index (κ2) is 5.19. The number of nitrogens with zero attached hydrogens (tertiary/aromatic N) is 2. The summed E-state index contributed by atoms with van der Waals surface area (Å²) in [4.78, 5) is 12.5. The second-order valence-electron chi connectivity index (χ2n) is 4.83. The summed E-state index contributed by atoms with van der Waals surface area (Å²) >= 11 is 6.06. The standard InChI is InChI=1S/C12H20ClN3O/c1-5-12(4,7-14)11(17)10-9(13)6-15-16(10)8(2)3/h6,8H,5,7,14H2,1-4H3. The highest BCUT2D eigenvalue weighted by Crippen LogP contribution is 2.30. The third-order valence-corrected chi connectivity index (χ3v) is 3.51. The number of nitrogens with two attached hydrogens (primary N) is 1. The average molecular weight is 258 g/mol. The van der Waals surface area contributed by atoms with Gasteiger partial charge in [-0.3, -0.25) is 9.48 Å². The lowest BCUT2D eigenvalue weighted by Crippen LogP contribution is -2.36. The number of carbonyl (C=O) groups is 1. The number of rotatable bonds is 5. The molecule has 96 valence electrons. The lowest BCUT2D eigenvalue weighted by molar-refractivity contribution is 0.0806. The molecule has 0 aliphatic heterocycles. The number of hydrogen-bond donors (Lipinski definition) is 1. The molecule has 5 heteroatoms. The molecule has 1 rings (SSSR count). The van der Waals surface area contributed by atoms with Gasteiger partial charge >= 0.3 is 0 Å². The molecule has 1 atom stereocenters. The molecule has 4 nitrogen and oxygen atoms in total. The van der Waals surface area contributed by atoms with Gasteiger partial charge in [0, 0.05) is 18.0 Å². The number of halogens is 1. The number of ketones is 1. The molecule has 0 bridgehead atoms. The van der Waals surface area contributed by atoms with E-state index in [4.69, 9.17) is 17.3 Å². The molecule has 0 spiro atoms. The lowest BCUT2D eigenvalue weighted by Gasteiger charge is -2.25. The molecule has 1 unspecified atom stereocenters. The fraction of sp³-hybridized carbons (Fsp3) is 0.667. The molecule has 0 fully saturated rings. The van der Waals surface area contributed by atoms with Gasteiger partial charge < -0.3 is 5.73 Å². The van der Waals surface area contributed by atoms with E-state index in [2.05, 4.69) is 5.10 Å². The minimum atomic E-state index is -0.573. The Bertz CT molecular complexity index is 408. The van der Waals surface area contributed by atoms with E-state index in [1.165, 1.54) is 6.20 Å². The van der Waals surface area contributed by atoms with Crippen LogP contribution >= 0.6 is 11.6 Å². The molecule has 0 amide bonds. The summed E-state index contributed by atoms with van der Waals surface area (Å²) in [5.74, 6) is -0.0290. The molecule has 1 aromatic rings. The van der Waals surface area contributed by atoms with Crippen LogP contribution in [0, 0.1) is 5.41 Å². The van der Waals surface area contributed by atoms with Crippen LogP contribution in [0.1, 0.15) is 50.6 Å².